The molecule has 0 atom stereocenters. The highest BCUT2D eigenvalue weighted by Gasteiger charge is 2.27. The van der Waals surface area contributed by atoms with Crippen LogP contribution in [0.25, 0.3) is 5.69 Å². The lowest BCUT2D eigenvalue weighted by atomic mass is 10.0. The van der Waals surface area contributed by atoms with Crippen molar-refractivity contribution in [2.45, 2.75) is 6.92 Å². The van der Waals surface area contributed by atoms with Gasteiger partial charge < -0.3 is 10.2 Å². The number of anilines is 3. The molecule has 27 heavy (non-hydrogen) atoms. The third-order valence-corrected chi connectivity index (χ3v) is 4.19. The summed E-state index contributed by atoms with van der Waals surface area (Å²) in [5.41, 5.74) is 1.23. The zero-order valence-electron chi connectivity index (χ0n) is 14.4. The molecular weight excluding hydrogens is 352 g/mol. The number of halogens is 2. The number of hydrogen-bond donors (Lipinski definition) is 1. The Balaban J connectivity index is 1.54. The van der Waals surface area contributed by atoms with Crippen LogP contribution in [0.15, 0.2) is 36.7 Å². The van der Waals surface area contributed by atoms with Gasteiger partial charge in [0.1, 0.15) is 29.6 Å². The molecule has 2 aromatic heterocycles. The second kappa shape index (κ2) is 6.64. The molecule has 0 unspecified atom stereocenters. The van der Waals surface area contributed by atoms with Crippen LogP contribution in [0.3, 0.4) is 0 Å². The topological polar surface area (TPSA) is 82.7 Å². The van der Waals surface area contributed by atoms with Gasteiger partial charge in [0.25, 0.3) is 0 Å². The molecule has 1 fully saturated rings. The van der Waals surface area contributed by atoms with E-state index in [1.807, 2.05) is 24.0 Å². The van der Waals surface area contributed by atoms with Crippen LogP contribution in [-0.2, 0) is 0 Å². The number of aromatic nitrogens is 4. The van der Waals surface area contributed by atoms with Crippen LogP contribution in [0, 0.1) is 35.8 Å². The summed E-state index contributed by atoms with van der Waals surface area (Å²) < 4.78 is 28.0. The Morgan fingerprint density at radius 2 is 1.89 bits per heavy atom. The molecule has 0 spiro atoms. The van der Waals surface area contributed by atoms with Gasteiger partial charge in [0, 0.05) is 19.2 Å². The summed E-state index contributed by atoms with van der Waals surface area (Å²) in [6, 6.07) is 9.15. The Bertz CT molecular complexity index is 1010. The average Bonchev–Trinajstić information content (AvgIpc) is 3.01. The van der Waals surface area contributed by atoms with Gasteiger partial charge in [-0.05, 0) is 36.8 Å². The summed E-state index contributed by atoms with van der Waals surface area (Å²) in [4.78, 5) is 10.7. The minimum atomic E-state index is -0.690. The highest BCUT2D eigenvalue weighted by atomic mass is 19.1. The lowest BCUT2D eigenvalue weighted by molar-refractivity contribution is 0.500. The van der Waals surface area contributed by atoms with Gasteiger partial charge in [-0.25, -0.2) is 18.4 Å². The second-order valence-corrected chi connectivity index (χ2v) is 6.38. The van der Waals surface area contributed by atoms with Crippen LogP contribution < -0.4 is 10.2 Å². The lowest BCUT2D eigenvalue weighted by Gasteiger charge is -2.36. The molecular formula is C18H15F2N7. The predicted octanol–water partition coefficient (Wildman–Crippen LogP) is 2.95. The molecule has 1 aliphatic rings. The highest BCUT2D eigenvalue weighted by molar-refractivity contribution is 5.56. The van der Waals surface area contributed by atoms with E-state index in [0.29, 0.717) is 18.9 Å². The molecule has 0 amide bonds. The smallest absolute Gasteiger partial charge is 0.248 e. The molecule has 136 valence electrons. The van der Waals surface area contributed by atoms with Crippen molar-refractivity contribution in [2.24, 2.45) is 5.92 Å². The van der Waals surface area contributed by atoms with Gasteiger partial charge in [-0.15, -0.1) is 5.10 Å². The minimum absolute atomic E-state index is 0.0350. The van der Waals surface area contributed by atoms with E-state index in [0.717, 1.165) is 17.4 Å². The summed E-state index contributed by atoms with van der Waals surface area (Å²) in [6.45, 7) is 3.26. The van der Waals surface area contributed by atoms with Crippen molar-refractivity contribution in [3.63, 3.8) is 0 Å². The fraction of sp³-hybridized carbons (Fsp3) is 0.222. The van der Waals surface area contributed by atoms with E-state index in [1.165, 1.54) is 23.1 Å². The number of aryl methyl sites for hydroxylation is 1. The van der Waals surface area contributed by atoms with Crippen molar-refractivity contribution in [2.75, 3.05) is 23.3 Å². The van der Waals surface area contributed by atoms with Crippen LogP contribution >= 0.6 is 0 Å². The number of benzene rings is 1. The molecule has 0 aliphatic carbocycles. The standard InChI is InChI=1S/C18H15F2N7/c1-11-2-16(23-17(3-11)26-8-12(7-21)9-26)24-18-22-10-27(25-18)15-5-13(19)4-14(20)6-15/h2-6,10,12H,8-9H2,1H3,(H,23,24,25). The maximum atomic E-state index is 13.4. The molecule has 3 aromatic rings. The van der Waals surface area contributed by atoms with Gasteiger partial charge in [0.2, 0.25) is 5.95 Å². The Morgan fingerprint density at radius 1 is 1.15 bits per heavy atom. The highest BCUT2D eigenvalue weighted by Crippen LogP contribution is 2.25. The van der Waals surface area contributed by atoms with E-state index in [-0.39, 0.29) is 17.6 Å². The molecule has 1 aromatic carbocycles. The van der Waals surface area contributed by atoms with Crippen LogP contribution in [-0.4, -0.2) is 32.8 Å². The quantitative estimate of drug-likeness (QED) is 0.763. The summed E-state index contributed by atoms with van der Waals surface area (Å²) in [7, 11) is 0. The molecule has 9 heteroatoms. The van der Waals surface area contributed by atoms with E-state index in [9.17, 15) is 8.78 Å². The zero-order chi connectivity index (χ0) is 19.0. The average molecular weight is 367 g/mol. The Kier molecular flexibility index (Phi) is 4.16. The Hall–Kier alpha value is -3.54. The first-order chi connectivity index (χ1) is 13.0. The van der Waals surface area contributed by atoms with Crippen molar-refractivity contribution in [3.05, 3.63) is 53.9 Å². The van der Waals surface area contributed by atoms with Crippen molar-refractivity contribution in [1.29, 1.82) is 5.26 Å². The molecule has 0 saturated carbocycles. The van der Waals surface area contributed by atoms with Crippen LogP contribution in [0.2, 0.25) is 0 Å². The fourth-order valence-electron chi connectivity index (χ4n) is 2.85. The van der Waals surface area contributed by atoms with Gasteiger partial charge in [-0.1, -0.05) is 0 Å². The van der Waals surface area contributed by atoms with E-state index in [2.05, 4.69) is 26.5 Å². The number of pyridine rings is 1. The van der Waals surface area contributed by atoms with Gasteiger partial charge in [0.05, 0.1) is 17.7 Å². The maximum absolute atomic E-state index is 13.4. The van der Waals surface area contributed by atoms with E-state index < -0.39 is 11.6 Å². The first-order valence-corrected chi connectivity index (χ1v) is 8.28. The molecule has 1 N–H and O–H groups in total. The first-order valence-electron chi connectivity index (χ1n) is 8.28. The molecule has 3 heterocycles. The monoisotopic (exact) mass is 367 g/mol. The van der Waals surface area contributed by atoms with Gasteiger partial charge in [-0.2, -0.15) is 10.2 Å². The molecule has 1 saturated heterocycles. The summed E-state index contributed by atoms with van der Waals surface area (Å²) in [5.74, 6) is 0.231. The minimum Gasteiger partial charge on any atom is -0.354 e. The largest absolute Gasteiger partial charge is 0.354 e. The number of rotatable bonds is 4. The molecule has 7 nitrogen and oxygen atoms in total. The molecule has 0 bridgehead atoms. The Morgan fingerprint density at radius 3 is 2.59 bits per heavy atom. The number of nitriles is 1. The second-order valence-electron chi connectivity index (χ2n) is 6.38. The predicted molar refractivity (Wildman–Crippen MR) is 94.8 cm³/mol. The lowest BCUT2D eigenvalue weighted by Crippen LogP contribution is -2.46. The van der Waals surface area contributed by atoms with E-state index in [4.69, 9.17) is 5.26 Å². The normalized spacial score (nSPS) is 13.9. The third-order valence-electron chi connectivity index (χ3n) is 4.19. The SMILES string of the molecule is Cc1cc(Nc2ncn(-c3cc(F)cc(F)c3)n2)nc(N2CC(C#N)C2)c1. The summed E-state index contributed by atoms with van der Waals surface area (Å²) >= 11 is 0. The van der Waals surface area contributed by atoms with Gasteiger partial charge in [0.15, 0.2) is 0 Å². The van der Waals surface area contributed by atoms with Crippen molar-refractivity contribution in [3.8, 4) is 11.8 Å². The fourth-order valence-corrected chi connectivity index (χ4v) is 2.85. The van der Waals surface area contributed by atoms with E-state index >= 15 is 0 Å². The molecule has 0 radical (unpaired) electrons. The third kappa shape index (κ3) is 3.55. The zero-order valence-corrected chi connectivity index (χ0v) is 14.4. The van der Waals surface area contributed by atoms with Crippen molar-refractivity contribution < 1.29 is 8.78 Å². The summed E-state index contributed by atoms with van der Waals surface area (Å²) in [5, 5.41) is 16.1. The molecule has 4 rings (SSSR count). The van der Waals surface area contributed by atoms with E-state index in [1.54, 1.807) is 0 Å². The van der Waals surface area contributed by atoms with Gasteiger partial charge >= 0.3 is 0 Å². The number of nitrogens with one attached hydrogen (secondary N) is 1. The molecule has 1 aliphatic heterocycles. The number of hydrogen-bond acceptors (Lipinski definition) is 6. The summed E-state index contributed by atoms with van der Waals surface area (Å²) in [6.07, 6.45) is 1.36. The van der Waals surface area contributed by atoms with Crippen LogP contribution in [0.1, 0.15) is 5.56 Å². The van der Waals surface area contributed by atoms with Crippen molar-refractivity contribution in [1.82, 2.24) is 19.7 Å². The van der Waals surface area contributed by atoms with Crippen molar-refractivity contribution >= 4 is 17.6 Å². The Labute approximate surface area is 153 Å². The van der Waals surface area contributed by atoms with Gasteiger partial charge in [-0.3, -0.25) is 0 Å². The first kappa shape index (κ1) is 16.9. The number of nitrogens with zero attached hydrogens (tertiary/aromatic N) is 6. The van der Waals surface area contributed by atoms with Crippen LogP contribution in [0.5, 0.6) is 0 Å². The maximum Gasteiger partial charge on any atom is 0.248 e. The van der Waals surface area contributed by atoms with Crippen LogP contribution in [0.4, 0.5) is 26.4 Å².